The van der Waals surface area contributed by atoms with E-state index in [2.05, 4.69) is 16.0 Å². The van der Waals surface area contributed by atoms with Crippen LogP contribution in [0.5, 0.6) is 11.5 Å². The number of amides is 2. The molecule has 7 nitrogen and oxygen atoms in total. The standard InChI is InChI=1S/C16H21N3O4S/c1-22-13-5-4-11(19-16(21)12-8-24-9-17-12)6-14(13)23-7-15(20)18-10-2-3-10/h4-6,10,12,17H,2-3,7-9H2,1H3,(H,18,20)(H,19,21). The van der Waals surface area contributed by atoms with Crippen LogP contribution >= 0.6 is 11.8 Å². The van der Waals surface area contributed by atoms with Gasteiger partial charge in [-0.05, 0) is 25.0 Å². The van der Waals surface area contributed by atoms with Crippen LogP contribution < -0.4 is 25.4 Å². The fraction of sp³-hybridized carbons (Fsp3) is 0.500. The van der Waals surface area contributed by atoms with E-state index in [4.69, 9.17) is 9.47 Å². The van der Waals surface area contributed by atoms with Gasteiger partial charge in [0.2, 0.25) is 5.91 Å². The molecule has 1 aliphatic heterocycles. The topological polar surface area (TPSA) is 88.7 Å². The zero-order chi connectivity index (χ0) is 16.9. The highest BCUT2D eigenvalue weighted by Gasteiger charge is 2.24. The highest BCUT2D eigenvalue weighted by molar-refractivity contribution is 7.99. The molecule has 2 fully saturated rings. The summed E-state index contributed by atoms with van der Waals surface area (Å²) < 4.78 is 10.8. The van der Waals surface area contributed by atoms with E-state index in [1.54, 1.807) is 30.0 Å². The summed E-state index contributed by atoms with van der Waals surface area (Å²) >= 11 is 1.69. The zero-order valence-electron chi connectivity index (χ0n) is 13.5. The van der Waals surface area contributed by atoms with E-state index in [1.807, 2.05) is 0 Å². The molecule has 1 aromatic rings. The van der Waals surface area contributed by atoms with Crippen LogP contribution in [0.3, 0.4) is 0 Å². The minimum Gasteiger partial charge on any atom is -0.493 e. The average molecular weight is 351 g/mol. The molecule has 1 aromatic carbocycles. The zero-order valence-corrected chi connectivity index (χ0v) is 14.3. The summed E-state index contributed by atoms with van der Waals surface area (Å²) in [5.41, 5.74) is 0.608. The van der Waals surface area contributed by atoms with Gasteiger partial charge in [-0.2, -0.15) is 0 Å². The summed E-state index contributed by atoms with van der Waals surface area (Å²) in [6.45, 7) is -0.0783. The van der Waals surface area contributed by atoms with Crippen LogP contribution in [0, 0.1) is 0 Å². The lowest BCUT2D eigenvalue weighted by Crippen LogP contribution is -2.37. The van der Waals surface area contributed by atoms with Crippen LogP contribution in [-0.4, -0.2) is 49.2 Å². The van der Waals surface area contributed by atoms with E-state index >= 15 is 0 Å². The number of nitrogens with one attached hydrogen (secondary N) is 3. The molecule has 1 saturated carbocycles. The molecule has 0 bridgehead atoms. The Morgan fingerprint density at radius 1 is 1.33 bits per heavy atom. The SMILES string of the molecule is COc1ccc(NC(=O)C2CSCN2)cc1OCC(=O)NC1CC1. The maximum Gasteiger partial charge on any atom is 0.258 e. The fourth-order valence-corrected chi connectivity index (χ4v) is 3.24. The third-order valence-corrected chi connectivity index (χ3v) is 4.71. The van der Waals surface area contributed by atoms with Gasteiger partial charge in [0.05, 0.1) is 13.2 Å². The molecule has 3 N–H and O–H groups in total. The second-order valence-corrected chi connectivity index (χ2v) is 6.79. The Morgan fingerprint density at radius 2 is 2.17 bits per heavy atom. The first kappa shape index (κ1) is 16.9. The third-order valence-electron chi connectivity index (χ3n) is 3.77. The van der Waals surface area contributed by atoms with Crippen LogP contribution in [0.2, 0.25) is 0 Å². The minimum atomic E-state index is -0.189. The highest BCUT2D eigenvalue weighted by atomic mass is 32.2. The van der Waals surface area contributed by atoms with Crippen molar-refractivity contribution in [2.45, 2.75) is 24.9 Å². The molecule has 1 heterocycles. The van der Waals surface area contributed by atoms with Gasteiger partial charge in [-0.1, -0.05) is 0 Å². The Bertz CT molecular complexity index is 615. The van der Waals surface area contributed by atoms with Crippen molar-refractivity contribution >= 4 is 29.3 Å². The maximum atomic E-state index is 12.2. The number of hydrogen-bond donors (Lipinski definition) is 3. The number of carbonyl (C=O) groups is 2. The smallest absolute Gasteiger partial charge is 0.258 e. The van der Waals surface area contributed by atoms with E-state index in [-0.39, 0.29) is 24.5 Å². The first-order valence-corrected chi connectivity index (χ1v) is 9.03. The monoisotopic (exact) mass is 351 g/mol. The molecule has 0 spiro atoms. The number of rotatable bonds is 7. The lowest BCUT2D eigenvalue weighted by molar-refractivity contribution is -0.123. The van der Waals surface area contributed by atoms with Crippen molar-refractivity contribution in [1.82, 2.24) is 10.6 Å². The normalized spacial score (nSPS) is 19.6. The van der Waals surface area contributed by atoms with Gasteiger partial charge in [-0.25, -0.2) is 0 Å². The number of ether oxygens (including phenoxy) is 2. The first-order valence-electron chi connectivity index (χ1n) is 7.88. The number of anilines is 1. The lowest BCUT2D eigenvalue weighted by Gasteiger charge is -2.14. The summed E-state index contributed by atoms with van der Waals surface area (Å²) in [4.78, 5) is 23.9. The quantitative estimate of drug-likeness (QED) is 0.678. The largest absolute Gasteiger partial charge is 0.493 e. The van der Waals surface area contributed by atoms with Gasteiger partial charge < -0.3 is 20.1 Å². The third kappa shape index (κ3) is 4.55. The van der Waals surface area contributed by atoms with Crippen molar-refractivity contribution in [2.24, 2.45) is 0 Å². The highest BCUT2D eigenvalue weighted by Crippen LogP contribution is 2.30. The summed E-state index contributed by atoms with van der Waals surface area (Å²) in [5, 5.41) is 8.83. The van der Waals surface area contributed by atoms with E-state index in [0.29, 0.717) is 23.2 Å². The predicted molar refractivity (Wildman–Crippen MR) is 92.5 cm³/mol. The molecule has 0 aromatic heterocycles. The van der Waals surface area contributed by atoms with Crippen molar-refractivity contribution < 1.29 is 19.1 Å². The van der Waals surface area contributed by atoms with Gasteiger partial charge in [-0.15, -0.1) is 11.8 Å². The molecule has 8 heteroatoms. The maximum absolute atomic E-state index is 12.2. The number of carbonyl (C=O) groups excluding carboxylic acids is 2. The van der Waals surface area contributed by atoms with Crippen molar-refractivity contribution in [3.63, 3.8) is 0 Å². The Balaban J connectivity index is 1.60. The minimum absolute atomic E-state index is 0.0783. The van der Waals surface area contributed by atoms with Crippen LogP contribution in [0.4, 0.5) is 5.69 Å². The number of benzene rings is 1. The van der Waals surface area contributed by atoms with Crippen LogP contribution in [0.25, 0.3) is 0 Å². The predicted octanol–water partition coefficient (Wildman–Crippen LogP) is 0.954. The molecule has 1 saturated heterocycles. The lowest BCUT2D eigenvalue weighted by atomic mass is 10.2. The Labute approximate surface area is 144 Å². The van der Waals surface area contributed by atoms with E-state index in [9.17, 15) is 9.59 Å². The molecule has 0 radical (unpaired) electrons. The summed E-state index contributed by atoms with van der Waals surface area (Å²) in [7, 11) is 1.53. The second-order valence-electron chi connectivity index (χ2n) is 5.76. The fourth-order valence-electron chi connectivity index (χ4n) is 2.30. The van der Waals surface area contributed by atoms with Crippen molar-refractivity contribution in [3.05, 3.63) is 18.2 Å². The molecule has 24 heavy (non-hydrogen) atoms. The Morgan fingerprint density at radius 3 is 2.83 bits per heavy atom. The summed E-state index contributed by atoms with van der Waals surface area (Å²) in [6.07, 6.45) is 2.06. The molecular formula is C16H21N3O4S. The van der Waals surface area contributed by atoms with Gasteiger partial charge in [0.25, 0.3) is 5.91 Å². The van der Waals surface area contributed by atoms with Crippen molar-refractivity contribution in [1.29, 1.82) is 0 Å². The Kier molecular flexibility index (Phi) is 5.47. The van der Waals surface area contributed by atoms with Gasteiger partial charge in [0.1, 0.15) is 0 Å². The van der Waals surface area contributed by atoms with Crippen molar-refractivity contribution in [2.75, 3.05) is 30.7 Å². The van der Waals surface area contributed by atoms with Gasteiger partial charge in [0, 0.05) is 29.4 Å². The molecule has 2 aliphatic rings. The van der Waals surface area contributed by atoms with Crippen LogP contribution in [-0.2, 0) is 9.59 Å². The van der Waals surface area contributed by atoms with Crippen LogP contribution in [0.15, 0.2) is 18.2 Å². The average Bonchev–Trinajstić information content (AvgIpc) is 3.21. The van der Waals surface area contributed by atoms with Gasteiger partial charge in [-0.3, -0.25) is 14.9 Å². The molecule has 1 aliphatic carbocycles. The number of methoxy groups -OCH3 is 1. The molecule has 1 unspecified atom stereocenters. The van der Waals surface area contributed by atoms with Gasteiger partial charge in [0.15, 0.2) is 18.1 Å². The van der Waals surface area contributed by atoms with E-state index < -0.39 is 0 Å². The van der Waals surface area contributed by atoms with E-state index in [1.165, 1.54) is 7.11 Å². The van der Waals surface area contributed by atoms with E-state index in [0.717, 1.165) is 24.5 Å². The number of hydrogen-bond acceptors (Lipinski definition) is 6. The Hall–Kier alpha value is -1.93. The molecule has 1 atom stereocenters. The van der Waals surface area contributed by atoms with Crippen molar-refractivity contribution in [3.8, 4) is 11.5 Å². The summed E-state index contributed by atoms with van der Waals surface area (Å²) in [5.74, 6) is 2.25. The van der Waals surface area contributed by atoms with Crippen LogP contribution in [0.1, 0.15) is 12.8 Å². The molecule has 3 rings (SSSR count). The molecule has 130 valence electrons. The number of thioether (sulfide) groups is 1. The summed E-state index contributed by atoms with van der Waals surface area (Å²) in [6, 6.07) is 5.23. The van der Waals surface area contributed by atoms with Gasteiger partial charge >= 0.3 is 0 Å². The molecular weight excluding hydrogens is 330 g/mol. The molecule has 2 amide bonds. The second kappa shape index (κ2) is 7.76. The first-order chi connectivity index (χ1) is 11.7.